The normalized spacial score (nSPS) is 16.9. The molecule has 1 fully saturated rings. The molecule has 128 valence electrons. The Balaban J connectivity index is 1.72. The fourth-order valence-corrected chi connectivity index (χ4v) is 3.84. The van der Waals surface area contributed by atoms with Crippen molar-refractivity contribution in [3.8, 4) is 0 Å². The van der Waals surface area contributed by atoms with Crippen molar-refractivity contribution in [2.24, 2.45) is 0 Å². The number of rotatable bonds is 6. The lowest BCUT2D eigenvalue weighted by Gasteiger charge is -2.24. The van der Waals surface area contributed by atoms with Crippen molar-refractivity contribution in [2.75, 3.05) is 6.54 Å². The maximum Gasteiger partial charge on any atom is 0.234 e. The first kappa shape index (κ1) is 18.0. The summed E-state index contributed by atoms with van der Waals surface area (Å²) in [6, 6.07) is 10.1. The van der Waals surface area contributed by atoms with E-state index in [1.807, 2.05) is 12.1 Å². The van der Waals surface area contributed by atoms with Crippen molar-refractivity contribution in [1.29, 1.82) is 0 Å². The molecule has 0 amide bonds. The second-order valence-electron chi connectivity index (χ2n) is 5.96. The number of quaternary nitrogens is 1. The molecule has 0 aromatic heterocycles. The highest BCUT2D eigenvalue weighted by Gasteiger charge is 2.34. The van der Waals surface area contributed by atoms with E-state index in [1.165, 1.54) is 6.07 Å². The van der Waals surface area contributed by atoms with Gasteiger partial charge in [-0.25, -0.2) is 4.39 Å². The Morgan fingerprint density at radius 2 is 1.83 bits per heavy atom. The molecule has 1 aliphatic carbocycles. The summed E-state index contributed by atoms with van der Waals surface area (Å²) in [5.74, 6) is 0.225. The molecule has 1 unspecified atom stereocenters. The van der Waals surface area contributed by atoms with Crippen LogP contribution < -0.4 is 9.59 Å². The molecule has 3 rings (SSSR count). The Kier molecular flexibility index (Phi) is 5.39. The molecule has 0 heterocycles. The van der Waals surface area contributed by atoms with Crippen LogP contribution >= 0.6 is 36.0 Å². The van der Waals surface area contributed by atoms with E-state index in [9.17, 15) is 9.60 Å². The molecule has 7 heteroatoms. The van der Waals surface area contributed by atoms with Crippen LogP contribution in [0.3, 0.4) is 0 Å². The van der Waals surface area contributed by atoms with Gasteiger partial charge in [0.2, 0.25) is 5.69 Å². The Morgan fingerprint density at radius 1 is 1.21 bits per heavy atom. The van der Waals surface area contributed by atoms with Crippen molar-refractivity contribution < 1.29 is 9.60 Å². The molecule has 0 bridgehead atoms. The molecule has 1 aliphatic rings. The molecule has 0 saturated heterocycles. The molecular weight excluding hydrogens is 370 g/mol. The first-order valence-corrected chi connectivity index (χ1v) is 8.86. The average Bonchev–Trinajstić information content (AvgIpc) is 3.32. The van der Waals surface area contributed by atoms with Crippen LogP contribution in [-0.2, 0) is 6.42 Å². The van der Waals surface area contributed by atoms with Crippen molar-refractivity contribution in [3.05, 3.63) is 63.4 Å². The van der Waals surface area contributed by atoms with E-state index < -0.39 is 4.16 Å². The lowest BCUT2D eigenvalue weighted by Crippen LogP contribution is -2.50. The number of hydrogen-bond acceptors (Lipinski definition) is 3. The molecule has 1 atom stereocenters. The maximum absolute atomic E-state index is 13.6. The highest BCUT2D eigenvalue weighted by atomic mass is 35.5. The summed E-state index contributed by atoms with van der Waals surface area (Å²) < 4.78 is 12.7. The molecule has 0 spiro atoms. The molecule has 1 saturated carbocycles. The molecule has 0 radical (unpaired) electrons. The third-order valence-corrected chi connectivity index (χ3v) is 5.00. The van der Waals surface area contributed by atoms with Gasteiger partial charge in [0, 0.05) is 0 Å². The fourth-order valence-electron chi connectivity index (χ4n) is 2.66. The Bertz CT molecular complexity index is 730. The van der Waals surface area contributed by atoms with E-state index in [1.54, 1.807) is 18.2 Å². The molecule has 2 aromatic rings. The average molecular weight is 388 g/mol. The Labute approximate surface area is 156 Å². The van der Waals surface area contributed by atoms with Crippen molar-refractivity contribution in [2.45, 2.75) is 25.2 Å². The molecule has 24 heavy (non-hydrogen) atoms. The zero-order valence-corrected chi connectivity index (χ0v) is 15.3. The third kappa shape index (κ3) is 4.04. The van der Waals surface area contributed by atoms with E-state index in [0.717, 1.165) is 18.4 Å². The van der Waals surface area contributed by atoms with E-state index in [4.69, 9.17) is 23.2 Å². The standard InChI is InChI=1S/C17H18Cl2FN2OS/c18-14-9-13(11-5-6-11)10-15(19)17(14)22(23,24)21-8-7-12-3-1-2-4-16(12)20/h1-4,9-11,21,23-24H,5-8H2/q+1. The first-order chi connectivity index (χ1) is 11.4. The predicted molar refractivity (Wildman–Crippen MR) is 99.1 cm³/mol. The summed E-state index contributed by atoms with van der Waals surface area (Å²) in [6.45, 7) is 0.290. The van der Waals surface area contributed by atoms with E-state index in [0.29, 0.717) is 27.9 Å². The van der Waals surface area contributed by atoms with Gasteiger partial charge in [0.25, 0.3) is 0 Å². The second kappa shape index (κ2) is 7.20. The zero-order chi connectivity index (χ0) is 17.3. The highest BCUT2D eigenvalue weighted by Crippen LogP contribution is 2.46. The van der Waals surface area contributed by atoms with E-state index >= 15 is 0 Å². The van der Waals surface area contributed by atoms with Gasteiger partial charge in [-0.15, -0.1) is 5.43 Å². The first-order valence-electron chi connectivity index (χ1n) is 7.71. The van der Waals surface area contributed by atoms with Crippen LogP contribution in [0.4, 0.5) is 10.1 Å². The van der Waals surface area contributed by atoms with Crippen LogP contribution in [0.2, 0.25) is 10.0 Å². The Hall–Kier alpha value is -0.820. The minimum atomic E-state index is -0.961. The molecule has 2 N–H and O–H groups in total. The molecule has 3 nitrogen and oxygen atoms in total. The van der Waals surface area contributed by atoms with Crippen LogP contribution in [0.1, 0.15) is 29.9 Å². The summed E-state index contributed by atoms with van der Waals surface area (Å²) in [7, 11) is 0. The second-order valence-corrected chi connectivity index (χ2v) is 7.35. The zero-order valence-electron chi connectivity index (χ0n) is 12.8. The summed E-state index contributed by atoms with van der Waals surface area (Å²) >= 11 is 16.8. The monoisotopic (exact) mass is 387 g/mol. The lowest BCUT2D eigenvalue weighted by molar-refractivity contribution is -0.0201. The van der Waals surface area contributed by atoms with Crippen LogP contribution in [0.5, 0.6) is 0 Å². The van der Waals surface area contributed by atoms with Crippen molar-refractivity contribution in [1.82, 2.24) is 9.59 Å². The molecule has 0 aliphatic heterocycles. The SMILES string of the molecule is O[N+](S)(NCCc1ccccc1F)c1c(Cl)cc(C2CC2)cc1Cl. The van der Waals surface area contributed by atoms with Gasteiger partial charge < -0.3 is 0 Å². The molecule has 2 aromatic carbocycles. The lowest BCUT2D eigenvalue weighted by atomic mass is 10.1. The predicted octanol–water partition coefficient (Wildman–Crippen LogP) is 5.30. The van der Waals surface area contributed by atoms with E-state index in [-0.39, 0.29) is 18.0 Å². The summed E-state index contributed by atoms with van der Waals surface area (Å²) in [4.78, 5) is 0. The summed E-state index contributed by atoms with van der Waals surface area (Å²) in [6.07, 6.45) is 2.66. The van der Waals surface area contributed by atoms with Crippen LogP contribution in [0.25, 0.3) is 0 Å². The fraction of sp³-hybridized carbons (Fsp3) is 0.294. The quantitative estimate of drug-likeness (QED) is 0.357. The minimum Gasteiger partial charge on any atom is -0.207 e. The molecular formula is C17H18Cl2FN2OS+. The van der Waals surface area contributed by atoms with Gasteiger partial charge >= 0.3 is 0 Å². The third-order valence-electron chi connectivity index (χ3n) is 4.08. The van der Waals surface area contributed by atoms with Crippen LogP contribution in [-0.4, -0.2) is 11.8 Å². The topological polar surface area (TPSA) is 32.3 Å². The minimum absolute atomic E-state index is 0.264. The van der Waals surface area contributed by atoms with Gasteiger partial charge in [-0.3, -0.25) is 0 Å². The van der Waals surface area contributed by atoms with Crippen LogP contribution in [0, 0.1) is 5.82 Å². The maximum atomic E-state index is 13.6. The van der Waals surface area contributed by atoms with Crippen molar-refractivity contribution >= 4 is 41.7 Å². The smallest absolute Gasteiger partial charge is 0.207 e. The number of benzene rings is 2. The Morgan fingerprint density at radius 3 is 2.42 bits per heavy atom. The van der Waals surface area contributed by atoms with Gasteiger partial charge in [0.15, 0.2) is 0 Å². The number of halogens is 3. The van der Waals surface area contributed by atoms with Crippen LogP contribution in [0.15, 0.2) is 36.4 Å². The van der Waals surface area contributed by atoms with Gasteiger partial charge in [-0.05, 0) is 58.7 Å². The van der Waals surface area contributed by atoms with Gasteiger partial charge in [-0.2, -0.15) is 5.21 Å². The van der Waals surface area contributed by atoms with Gasteiger partial charge in [-0.1, -0.05) is 41.4 Å². The van der Waals surface area contributed by atoms with Gasteiger partial charge in [0.05, 0.1) is 6.54 Å². The van der Waals surface area contributed by atoms with Crippen molar-refractivity contribution in [3.63, 3.8) is 0 Å². The number of thiol groups is 1. The summed E-state index contributed by atoms with van der Waals surface area (Å²) in [5, 5.41) is 11.3. The van der Waals surface area contributed by atoms with E-state index in [2.05, 4.69) is 18.2 Å². The summed E-state index contributed by atoms with van der Waals surface area (Å²) in [5.41, 5.74) is 4.71. The number of hydrogen-bond donors (Lipinski definition) is 3. The van der Waals surface area contributed by atoms with Gasteiger partial charge in [0.1, 0.15) is 28.7 Å². The highest BCUT2D eigenvalue weighted by molar-refractivity contribution is 7.79. The number of nitrogens with one attached hydrogen (secondary N) is 1. The largest absolute Gasteiger partial charge is 0.234 e. The number of nitrogens with zero attached hydrogens (tertiary/aromatic N) is 1.